The maximum atomic E-state index is 11.5. The lowest BCUT2D eigenvalue weighted by Crippen LogP contribution is -2.03. The average molecular weight is 265 g/mol. The van der Waals surface area contributed by atoms with Gasteiger partial charge >= 0.3 is 7.82 Å². The van der Waals surface area contributed by atoms with E-state index >= 15 is 0 Å². The third-order valence-electron chi connectivity index (χ3n) is 1.61. The average Bonchev–Trinajstić information content (AvgIpc) is 2.19. The number of phosphoric ester groups is 1. The van der Waals surface area contributed by atoms with Crippen LogP contribution in [0.4, 0.5) is 0 Å². The number of rotatable bonds is 5. The fourth-order valence-electron chi connectivity index (χ4n) is 0.898. The van der Waals surface area contributed by atoms with Gasteiger partial charge in [-0.2, -0.15) is 0 Å². The summed E-state index contributed by atoms with van der Waals surface area (Å²) in [6.07, 6.45) is 0. The van der Waals surface area contributed by atoms with Gasteiger partial charge in [0, 0.05) is 5.02 Å². The standard InChI is InChI=1S/C10H14ClO4P/c1-8(2)7-14-16(12,13)15-10-5-3-9(11)4-6-10/h3-6,8H,7H2,1-2H3,(H,12,13). The van der Waals surface area contributed by atoms with Crippen LogP contribution < -0.4 is 4.52 Å². The van der Waals surface area contributed by atoms with Crippen LogP contribution in [0.2, 0.25) is 5.02 Å². The number of hydrogen-bond donors (Lipinski definition) is 1. The molecule has 4 nitrogen and oxygen atoms in total. The van der Waals surface area contributed by atoms with Crippen LogP contribution >= 0.6 is 19.4 Å². The molecule has 0 aliphatic carbocycles. The lowest BCUT2D eigenvalue weighted by Gasteiger charge is -2.14. The third-order valence-corrected chi connectivity index (χ3v) is 2.77. The molecule has 0 aliphatic rings. The summed E-state index contributed by atoms with van der Waals surface area (Å²) in [6, 6.07) is 6.15. The van der Waals surface area contributed by atoms with Gasteiger partial charge in [-0.05, 0) is 30.2 Å². The van der Waals surface area contributed by atoms with E-state index < -0.39 is 7.82 Å². The summed E-state index contributed by atoms with van der Waals surface area (Å²) in [6.45, 7) is 3.92. The second-order valence-corrected chi connectivity index (χ2v) is 5.52. The Bertz CT molecular complexity index is 377. The van der Waals surface area contributed by atoms with E-state index in [4.69, 9.17) is 20.6 Å². The minimum Gasteiger partial charge on any atom is -0.404 e. The molecule has 6 heteroatoms. The molecule has 1 atom stereocenters. The Morgan fingerprint density at radius 3 is 2.44 bits per heavy atom. The number of benzene rings is 1. The predicted octanol–water partition coefficient (Wildman–Crippen LogP) is 3.49. The first-order valence-corrected chi connectivity index (χ1v) is 6.69. The van der Waals surface area contributed by atoms with E-state index in [2.05, 4.69) is 0 Å². The van der Waals surface area contributed by atoms with E-state index in [-0.39, 0.29) is 18.3 Å². The van der Waals surface area contributed by atoms with Gasteiger partial charge in [0.25, 0.3) is 0 Å². The van der Waals surface area contributed by atoms with Gasteiger partial charge in [0.15, 0.2) is 0 Å². The van der Waals surface area contributed by atoms with E-state index in [9.17, 15) is 9.46 Å². The van der Waals surface area contributed by atoms with Gasteiger partial charge < -0.3 is 4.52 Å². The Kier molecular flexibility index (Phi) is 4.81. The van der Waals surface area contributed by atoms with E-state index in [0.717, 1.165) is 0 Å². The summed E-state index contributed by atoms with van der Waals surface area (Å²) >= 11 is 5.67. The zero-order chi connectivity index (χ0) is 12.2. The van der Waals surface area contributed by atoms with Crippen molar-refractivity contribution in [2.24, 2.45) is 5.92 Å². The van der Waals surface area contributed by atoms with E-state index in [0.29, 0.717) is 5.02 Å². The quantitative estimate of drug-likeness (QED) is 0.827. The molecule has 1 rings (SSSR count). The Hall–Kier alpha value is -0.540. The van der Waals surface area contributed by atoms with Crippen molar-refractivity contribution in [1.82, 2.24) is 0 Å². The molecule has 0 fully saturated rings. The van der Waals surface area contributed by atoms with Crippen molar-refractivity contribution in [2.45, 2.75) is 13.8 Å². The molecule has 16 heavy (non-hydrogen) atoms. The molecular weight excluding hydrogens is 251 g/mol. The zero-order valence-electron chi connectivity index (χ0n) is 9.09. The van der Waals surface area contributed by atoms with Crippen LogP contribution in [0.1, 0.15) is 13.8 Å². The normalized spacial score (nSPS) is 14.8. The van der Waals surface area contributed by atoms with Crippen molar-refractivity contribution >= 4 is 19.4 Å². The van der Waals surface area contributed by atoms with Crippen LogP contribution in [-0.2, 0) is 9.09 Å². The third kappa shape index (κ3) is 4.99. The van der Waals surface area contributed by atoms with Crippen molar-refractivity contribution in [3.63, 3.8) is 0 Å². The first-order valence-electron chi connectivity index (χ1n) is 4.81. The highest BCUT2D eigenvalue weighted by Gasteiger charge is 2.23. The van der Waals surface area contributed by atoms with Crippen LogP contribution in [0.5, 0.6) is 5.75 Å². The molecule has 0 bridgehead atoms. The summed E-state index contributed by atoms with van der Waals surface area (Å²) < 4.78 is 21.1. The minimum absolute atomic E-state index is 0.161. The van der Waals surface area contributed by atoms with Crippen molar-refractivity contribution < 1.29 is 18.5 Å². The fraction of sp³-hybridized carbons (Fsp3) is 0.400. The van der Waals surface area contributed by atoms with Gasteiger partial charge in [-0.15, -0.1) is 0 Å². The molecule has 0 saturated heterocycles. The van der Waals surface area contributed by atoms with E-state index in [1.807, 2.05) is 13.8 Å². The molecular formula is C10H14ClO4P. The molecule has 0 aliphatic heterocycles. The fourth-order valence-corrected chi connectivity index (χ4v) is 1.95. The van der Waals surface area contributed by atoms with Crippen LogP contribution in [0.3, 0.4) is 0 Å². The molecule has 90 valence electrons. The molecule has 0 amide bonds. The van der Waals surface area contributed by atoms with Crippen molar-refractivity contribution in [3.8, 4) is 5.75 Å². The lowest BCUT2D eigenvalue weighted by molar-refractivity contribution is 0.183. The highest BCUT2D eigenvalue weighted by molar-refractivity contribution is 7.47. The first kappa shape index (κ1) is 13.5. The largest absolute Gasteiger partial charge is 0.527 e. The van der Waals surface area contributed by atoms with Crippen LogP contribution in [0.15, 0.2) is 24.3 Å². The van der Waals surface area contributed by atoms with Gasteiger partial charge in [0.2, 0.25) is 0 Å². The summed E-state index contributed by atoms with van der Waals surface area (Å²) in [4.78, 5) is 9.36. The lowest BCUT2D eigenvalue weighted by atomic mass is 10.2. The summed E-state index contributed by atoms with van der Waals surface area (Å²) in [5.74, 6) is 0.410. The monoisotopic (exact) mass is 264 g/mol. The van der Waals surface area contributed by atoms with Gasteiger partial charge in [-0.25, -0.2) is 4.57 Å². The summed E-state index contributed by atoms with van der Waals surface area (Å²) in [5, 5.41) is 0.531. The topological polar surface area (TPSA) is 55.8 Å². The summed E-state index contributed by atoms with van der Waals surface area (Å²) in [5.41, 5.74) is 0. The van der Waals surface area contributed by atoms with E-state index in [1.54, 1.807) is 12.1 Å². The van der Waals surface area contributed by atoms with Crippen molar-refractivity contribution in [1.29, 1.82) is 0 Å². The second-order valence-electron chi connectivity index (χ2n) is 3.70. The number of hydrogen-bond acceptors (Lipinski definition) is 3. The highest BCUT2D eigenvalue weighted by Crippen LogP contribution is 2.44. The van der Waals surface area contributed by atoms with Crippen LogP contribution in [0.25, 0.3) is 0 Å². The molecule has 1 unspecified atom stereocenters. The maximum Gasteiger partial charge on any atom is 0.527 e. The Balaban J connectivity index is 2.58. The van der Waals surface area contributed by atoms with Gasteiger partial charge in [-0.3, -0.25) is 9.42 Å². The zero-order valence-corrected chi connectivity index (χ0v) is 10.7. The molecule has 0 spiro atoms. The Labute approximate surface area is 99.8 Å². The maximum absolute atomic E-state index is 11.5. The molecule has 1 aromatic rings. The first-order chi connectivity index (χ1) is 7.39. The predicted molar refractivity (Wildman–Crippen MR) is 62.7 cm³/mol. The molecule has 0 heterocycles. The molecule has 1 aromatic carbocycles. The van der Waals surface area contributed by atoms with Crippen LogP contribution in [0, 0.1) is 5.92 Å². The summed E-state index contributed by atoms with van der Waals surface area (Å²) in [7, 11) is -4.03. The van der Waals surface area contributed by atoms with E-state index in [1.165, 1.54) is 12.1 Å². The Morgan fingerprint density at radius 1 is 1.38 bits per heavy atom. The molecule has 0 aromatic heterocycles. The molecule has 0 saturated carbocycles. The van der Waals surface area contributed by atoms with Crippen LogP contribution in [-0.4, -0.2) is 11.5 Å². The van der Waals surface area contributed by atoms with Gasteiger partial charge in [0.05, 0.1) is 6.61 Å². The Morgan fingerprint density at radius 2 is 1.94 bits per heavy atom. The van der Waals surface area contributed by atoms with Crippen molar-refractivity contribution in [2.75, 3.05) is 6.61 Å². The SMILES string of the molecule is CC(C)COP(=O)(O)Oc1ccc(Cl)cc1. The molecule has 1 N–H and O–H groups in total. The van der Waals surface area contributed by atoms with Crippen molar-refractivity contribution in [3.05, 3.63) is 29.3 Å². The van der Waals surface area contributed by atoms with Gasteiger partial charge in [-0.1, -0.05) is 25.4 Å². The van der Waals surface area contributed by atoms with Gasteiger partial charge in [0.1, 0.15) is 5.75 Å². The highest BCUT2D eigenvalue weighted by atomic mass is 35.5. The minimum atomic E-state index is -4.03. The number of halogens is 1. The second kappa shape index (κ2) is 5.69. The smallest absolute Gasteiger partial charge is 0.404 e. The number of phosphoric acid groups is 1. The molecule has 0 radical (unpaired) electrons.